The smallest absolute Gasteiger partial charge is 0.0593 e. The summed E-state index contributed by atoms with van der Waals surface area (Å²) < 4.78 is 5.43. The van der Waals surface area contributed by atoms with Crippen LogP contribution in [0.1, 0.15) is 26.2 Å². The summed E-state index contributed by atoms with van der Waals surface area (Å²) in [6.07, 6.45) is 3.82. The van der Waals surface area contributed by atoms with Crippen molar-refractivity contribution in [3.8, 4) is 0 Å². The topological polar surface area (TPSA) is 12.5 Å². The molecule has 1 heterocycles. The maximum atomic E-state index is 5.43. The Hall–Kier alpha value is 0.400. The summed E-state index contributed by atoms with van der Waals surface area (Å²) in [7, 11) is 0. The van der Waals surface area contributed by atoms with Crippen molar-refractivity contribution in [2.45, 2.75) is 26.2 Å². The third kappa shape index (κ3) is 5.32. The van der Waals surface area contributed by atoms with Crippen LogP contribution in [-0.4, -0.2) is 43.1 Å². The monoisotopic (exact) mass is 263 g/mol. The van der Waals surface area contributed by atoms with Crippen molar-refractivity contribution < 1.29 is 4.74 Å². The van der Waals surface area contributed by atoms with Crippen molar-refractivity contribution in [3.63, 3.8) is 0 Å². The fourth-order valence-corrected chi connectivity index (χ4v) is 2.54. The Labute approximate surface area is 96.1 Å². The molecule has 0 aromatic rings. The van der Waals surface area contributed by atoms with Gasteiger partial charge in [-0.1, -0.05) is 22.9 Å². The zero-order valence-electron chi connectivity index (χ0n) is 9.17. The lowest BCUT2D eigenvalue weighted by atomic mass is 10.1. The lowest BCUT2D eigenvalue weighted by molar-refractivity contribution is 0.140. The average Bonchev–Trinajstić information content (AvgIpc) is 2.43. The quantitative estimate of drug-likeness (QED) is 0.707. The van der Waals surface area contributed by atoms with Gasteiger partial charge in [0.05, 0.1) is 6.61 Å². The van der Waals surface area contributed by atoms with E-state index in [0.717, 1.165) is 31.0 Å². The van der Waals surface area contributed by atoms with Gasteiger partial charge in [0, 0.05) is 25.0 Å². The molecule has 1 atom stereocenters. The standard InChI is InChI=1S/C11H22BrNO/c1-11(3-5-12)4-7-13-6-2-9-14-10-8-13/h11H,2-10H2,1H3. The molecule has 0 amide bonds. The van der Waals surface area contributed by atoms with Crippen molar-refractivity contribution in [2.24, 2.45) is 5.92 Å². The maximum absolute atomic E-state index is 5.43. The summed E-state index contributed by atoms with van der Waals surface area (Å²) in [6.45, 7) is 7.81. The summed E-state index contributed by atoms with van der Waals surface area (Å²) in [5.74, 6) is 0.846. The molecule has 0 spiro atoms. The highest BCUT2D eigenvalue weighted by Crippen LogP contribution is 2.11. The molecular weight excluding hydrogens is 242 g/mol. The van der Waals surface area contributed by atoms with Gasteiger partial charge in [0.1, 0.15) is 0 Å². The largest absolute Gasteiger partial charge is 0.380 e. The van der Waals surface area contributed by atoms with Crippen LogP contribution in [0.5, 0.6) is 0 Å². The van der Waals surface area contributed by atoms with E-state index in [2.05, 4.69) is 27.8 Å². The second-order valence-electron chi connectivity index (χ2n) is 4.18. The summed E-state index contributed by atoms with van der Waals surface area (Å²) in [5.41, 5.74) is 0. The second kappa shape index (κ2) is 7.66. The number of hydrogen-bond donors (Lipinski definition) is 0. The highest BCUT2D eigenvalue weighted by atomic mass is 79.9. The van der Waals surface area contributed by atoms with Crippen LogP contribution >= 0.6 is 15.9 Å². The van der Waals surface area contributed by atoms with Crippen LogP contribution in [0.25, 0.3) is 0 Å². The first-order valence-corrected chi connectivity index (χ1v) is 6.81. The molecule has 84 valence electrons. The minimum Gasteiger partial charge on any atom is -0.380 e. The van der Waals surface area contributed by atoms with Gasteiger partial charge >= 0.3 is 0 Å². The van der Waals surface area contributed by atoms with Crippen LogP contribution < -0.4 is 0 Å². The molecule has 14 heavy (non-hydrogen) atoms. The van der Waals surface area contributed by atoms with E-state index in [-0.39, 0.29) is 0 Å². The van der Waals surface area contributed by atoms with E-state index >= 15 is 0 Å². The fourth-order valence-electron chi connectivity index (χ4n) is 1.75. The predicted octanol–water partition coefficient (Wildman–Crippen LogP) is 2.52. The van der Waals surface area contributed by atoms with Gasteiger partial charge in [0.15, 0.2) is 0 Å². The van der Waals surface area contributed by atoms with Crippen LogP contribution in [0.4, 0.5) is 0 Å². The Morgan fingerprint density at radius 1 is 1.29 bits per heavy atom. The minimum absolute atomic E-state index is 0.846. The minimum atomic E-state index is 0.846. The van der Waals surface area contributed by atoms with Crippen molar-refractivity contribution in [3.05, 3.63) is 0 Å². The molecule has 1 aliphatic rings. The van der Waals surface area contributed by atoms with Gasteiger partial charge in [0.2, 0.25) is 0 Å². The molecule has 0 N–H and O–H groups in total. The van der Waals surface area contributed by atoms with Crippen LogP contribution in [0.15, 0.2) is 0 Å². The SMILES string of the molecule is CC(CCBr)CCN1CCCOCC1. The van der Waals surface area contributed by atoms with E-state index in [9.17, 15) is 0 Å². The van der Waals surface area contributed by atoms with Gasteiger partial charge in [-0.05, 0) is 31.7 Å². The van der Waals surface area contributed by atoms with E-state index < -0.39 is 0 Å². The molecule has 0 aliphatic carbocycles. The normalized spacial score (nSPS) is 21.9. The van der Waals surface area contributed by atoms with E-state index in [4.69, 9.17) is 4.74 Å². The first-order chi connectivity index (χ1) is 6.83. The second-order valence-corrected chi connectivity index (χ2v) is 4.97. The number of alkyl halides is 1. The predicted molar refractivity (Wildman–Crippen MR) is 64.1 cm³/mol. The zero-order chi connectivity index (χ0) is 10.2. The average molecular weight is 264 g/mol. The molecule has 0 radical (unpaired) electrons. The van der Waals surface area contributed by atoms with Gasteiger partial charge in [-0.15, -0.1) is 0 Å². The lowest BCUT2D eigenvalue weighted by Crippen LogP contribution is -2.28. The third-order valence-corrected chi connectivity index (χ3v) is 3.31. The summed E-state index contributed by atoms with van der Waals surface area (Å²) in [6, 6.07) is 0. The molecule has 1 fully saturated rings. The zero-order valence-corrected chi connectivity index (χ0v) is 10.8. The summed E-state index contributed by atoms with van der Waals surface area (Å²) >= 11 is 3.49. The molecule has 0 aromatic heterocycles. The maximum Gasteiger partial charge on any atom is 0.0593 e. The molecule has 2 nitrogen and oxygen atoms in total. The highest BCUT2D eigenvalue weighted by Gasteiger charge is 2.10. The van der Waals surface area contributed by atoms with Crippen LogP contribution in [0.3, 0.4) is 0 Å². The first kappa shape index (κ1) is 12.5. The van der Waals surface area contributed by atoms with Crippen molar-refractivity contribution in [1.82, 2.24) is 4.90 Å². The molecular formula is C11H22BrNO. The van der Waals surface area contributed by atoms with Gasteiger partial charge in [-0.25, -0.2) is 0 Å². The van der Waals surface area contributed by atoms with Gasteiger partial charge in [0.25, 0.3) is 0 Å². The Morgan fingerprint density at radius 2 is 2.14 bits per heavy atom. The van der Waals surface area contributed by atoms with Crippen LogP contribution in [0.2, 0.25) is 0 Å². The Balaban J connectivity index is 2.09. The fraction of sp³-hybridized carbons (Fsp3) is 1.00. The van der Waals surface area contributed by atoms with Crippen LogP contribution in [-0.2, 0) is 4.74 Å². The highest BCUT2D eigenvalue weighted by molar-refractivity contribution is 9.09. The number of ether oxygens (including phenoxy) is 1. The van der Waals surface area contributed by atoms with E-state index in [1.165, 1.54) is 32.4 Å². The lowest BCUT2D eigenvalue weighted by Gasteiger charge is -2.20. The number of nitrogens with zero attached hydrogens (tertiary/aromatic N) is 1. The molecule has 1 aliphatic heterocycles. The molecule has 1 unspecified atom stereocenters. The number of halogens is 1. The van der Waals surface area contributed by atoms with E-state index in [1.807, 2.05) is 0 Å². The van der Waals surface area contributed by atoms with Crippen molar-refractivity contribution >= 4 is 15.9 Å². The van der Waals surface area contributed by atoms with Crippen molar-refractivity contribution in [1.29, 1.82) is 0 Å². The van der Waals surface area contributed by atoms with E-state index in [1.54, 1.807) is 0 Å². The molecule has 3 heteroatoms. The Kier molecular flexibility index (Phi) is 6.82. The van der Waals surface area contributed by atoms with Gasteiger partial charge in [-0.2, -0.15) is 0 Å². The summed E-state index contributed by atoms with van der Waals surface area (Å²) in [5, 5.41) is 1.14. The summed E-state index contributed by atoms with van der Waals surface area (Å²) in [4.78, 5) is 2.54. The van der Waals surface area contributed by atoms with Gasteiger partial charge in [-0.3, -0.25) is 0 Å². The van der Waals surface area contributed by atoms with Crippen molar-refractivity contribution in [2.75, 3.05) is 38.2 Å². The van der Waals surface area contributed by atoms with E-state index in [0.29, 0.717) is 0 Å². The Bertz CT molecular complexity index is 135. The molecule has 1 rings (SSSR count). The molecule has 0 bridgehead atoms. The third-order valence-electron chi connectivity index (χ3n) is 2.85. The number of rotatable bonds is 5. The molecule has 0 aromatic carbocycles. The van der Waals surface area contributed by atoms with Crippen LogP contribution in [0, 0.1) is 5.92 Å². The molecule has 0 saturated carbocycles. The molecule has 1 saturated heterocycles. The Morgan fingerprint density at radius 3 is 2.93 bits per heavy atom. The first-order valence-electron chi connectivity index (χ1n) is 5.69. The van der Waals surface area contributed by atoms with Gasteiger partial charge < -0.3 is 9.64 Å². The number of hydrogen-bond acceptors (Lipinski definition) is 2.